The SMILES string of the molecule is O=C(O)OCC(OC(=O)O)OC(OC(=O)O)C(OC(=O)O)OC(COC(=O)O)OC(=O)O. The minimum Gasteiger partial charge on any atom is -0.450 e. The first kappa shape index (κ1) is 27.5. The Balaban J connectivity index is 5.78. The molecule has 0 aliphatic heterocycles. The Labute approximate surface area is 173 Å². The van der Waals surface area contributed by atoms with Gasteiger partial charge in [-0.15, -0.1) is 0 Å². The van der Waals surface area contributed by atoms with Crippen molar-refractivity contribution >= 4 is 36.9 Å². The monoisotopic (exact) mass is 478 g/mol. The Morgan fingerprint density at radius 3 is 0.969 bits per heavy atom. The van der Waals surface area contributed by atoms with Crippen LogP contribution in [0.25, 0.3) is 0 Å². The first-order valence-electron chi connectivity index (χ1n) is 7.40. The third-order valence-electron chi connectivity index (χ3n) is 2.38. The van der Waals surface area contributed by atoms with Gasteiger partial charge >= 0.3 is 36.9 Å². The third kappa shape index (κ3) is 13.7. The molecule has 0 radical (unpaired) electrons. The highest BCUT2D eigenvalue weighted by atomic mass is 16.9. The number of carbonyl (C=O) groups is 6. The van der Waals surface area contributed by atoms with Crippen LogP contribution in [0, 0.1) is 0 Å². The molecule has 4 unspecified atom stereocenters. The Morgan fingerprint density at radius 1 is 0.469 bits per heavy atom. The van der Waals surface area contributed by atoms with Crippen LogP contribution in [-0.4, -0.2) is 106 Å². The van der Waals surface area contributed by atoms with E-state index in [-0.39, 0.29) is 0 Å². The molecular formula is C12H14O20. The summed E-state index contributed by atoms with van der Waals surface area (Å²) >= 11 is 0. The molecule has 20 nitrogen and oxygen atoms in total. The van der Waals surface area contributed by atoms with Gasteiger partial charge in [-0.05, 0) is 0 Å². The number of hydrogen-bond donors (Lipinski definition) is 6. The predicted molar refractivity (Wildman–Crippen MR) is 81.7 cm³/mol. The molecule has 0 aliphatic rings. The van der Waals surface area contributed by atoms with Gasteiger partial charge in [-0.3, -0.25) is 9.47 Å². The lowest BCUT2D eigenvalue weighted by atomic mass is 10.5. The van der Waals surface area contributed by atoms with Crippen LogP contribution in [0.3, 0.4) is 0 Å². The molecule has 0 spiro atoms. The largest absolute Gasteiger partial charge is 0.508 e. The lowest BCUT2D eigenvalue weighted by molar-refractivity contribution is -0.329. The van der Waals surface area contributed by atoms with E-state index in [4.69, 9.17) is 30.6 Å². The first-order valence-corrected chi connectivity index (χ1v) is 7.40. The summed E-state index contributed by atoms with van der Waals surface area (Å²) in [4.78, 5) is 64.0. The lowest BCUT2D eigenvalue weighted by Crippen LogP contribution is -2.46. The zero-order valence-corrected chi connectivity index (χ0v) is 15.1. The summed E-state index contributed by atoms with van der Waals surface area (Å²) in [6, 6.07) is 0. The van der Waals surface area contributed by atoms with Crippen molar-refractivity contribution in [3.05, 3.63) is 0 Å². The normalized spacial score (nSPS) is 13.9. The smallest absolute Gasteiger partial charge is 0.450 e. The maximum absolute atomic E-state index is 10.9. The summed E-state index contributed by atoms with van der Waals surface area (Å²) in [6.07, 6.45) is -22.4. The molecule has 4 atom stereocenters. The van der Waals surface area contributed by atoms with Crippen molar-refractivity contribution < 1.29 is 97.3 Å². The molecule has 0 aromatic carbocycles. The highest BCUT2D eigenvalue weighted by Gasteiger charge is 2.38. The van der Waals surface area contributed by atoms with E-state index in [1.165, 1.54) is 0 Å². The summed E-state index contributed by atoms with van der Waals surface area (Å²) < 4.78 is 33.6. The summed E-state index contributed by atoms with van der Waals surface area (Å²) in [5.41, 5.74) is 0. The van der Waals surface area contributed by atoms with Crippen molar-refractivity contribution in [3.63, 3.8) is 0 Å². The van der Waals surface area contributed by atoms with Gasteiger partial charge in [0.2, 0.25) is 12.6 Å². The second-order valence-corrected chi connectivity index (χ2v) is 4.56. The van der Waals surface area contributed by atoms with E-state index < -0.39 is 75.3 Å². The molecule has 0 aliphatic carbocycles. The molecule has 0 saturated heterocycles. The van der Waals surface area contributed by atoms with Crippen molar-refractivity contribution in [2.75, 3.05) is 13.2 Å². The molecule has 0 fully saturated rings. The van der Waals surface area contributed by atoms with Crippen LogP contribution >= 0.6 is 0 Å². The van der Waals surface area contributed by atoms with E-state index in [0.717, 1.165) is 0 Å². The van der Waals surface area contributed by atoms with E-state index in [0.29, 0.717) is 0 Å². The zero-order chi connectivity index (χ0) is 24.8. The molecule has 0 aromatic heterocycles. The van der Waals surface area contributed by atoms with Gasteiger partial charge in [0.1, 0.15) is 0 Å². The number of hydrogen-bond acceptors (Lipinski definition) is 14. The standard InChI is InChI=1S/C12H14O20/c13-7(14)25-1-3(29-9(17)18)27-5(31-11(21)22)6(32-12(23)24)28-4(30-10(19)20)2-26-8(15)16/h3-6H,1-2H2,(H,13,14)(H,15,16)(H,17,18)(H,19,20)(H,21,22)(H,23,24). The summed E-state index contributed by atoms with van der Waals surface area (Å²) in [5.74, 6) is 0. The van der Waals surface area contributed by atoms with Crippen LogP contribution in [0.1, 0.15) is 0 Å². The van der Waals surface area contributed by atoms with Crippen LogP contribution in [0.5, 0.6) is 0 Å². The quantitative estimate of drug-likeness (QED) is 0.119. The molecule has 32 heavy (non-hydrogen) atoms. The van der Waals surface area contributed by atoms with Gasteiger partial charge in [0.25, 0.3) is 12.6 Å². The maximum atomic E-state index is 10.9. The topological polar surface area (TPSA) is 298 Å². The molecule has 182 valence electrons. The lowest BCUT2D eigenvalue weighted by Gasteiger charge is -2.29. The van der Waals surface area contributed by atoms with Crippen LogP contribution in [-0.2, 0) is 37.9 Å². The number of carboxylic acid groups (broad SMARTS) is 6. The highest BCUT2D eigenvalue weighted by Crippen LogP contribution is 2.16. The van der Waals surface area contributed by atoms with E-state index in [1.807, 2.05) is 0 Å². The second-order valence-electron chi connectivity index (χ2n) is 4.56. The van der Waals surface area contributed by atoms with Crippen molar-refractivity contribution in [1.82, 2.24) is 0 Å². The molecule has 0 heterocycles. The van der Waals surface area contributed by atoms with E-state index in [9.17, 15) is 28.8 Å². The fourth-order valence-electron chi connectivity index (χ4n) is 1.50. The van der Waals surface area contributed by atoms with Gasteiger partial charge in [0, 0.05) is 0 Å². The van der Waals surface area contributed by atoms with E-state index >= 15 is 0 Å². The van der Waals surface area contributed by atoms with Crippen LogP contribution < -0.4 is 0 Å². The van der Waals surface area contributed by atoms with E-state index in [2.05, 4.69) is 37.9 Å². The third-order valence-corrected chi connectivity index (χ3v) is 2.38. The average molecular weight is 478 g/mol. The molecular weight excluding hydrogens is 464 g/mol. The summed E-state index contributed by atoms with van der Waals surface area (Å²) in [7, 11) is 0. The summed E-state index contributed by atoms with van der Waals surface area (Å²) in [5, 5.41) is 51.7. The number of ether oxygens (including phenoxy) is 8. The van der Waals surface area contributed by atoms with E-state index in [1.54, 1.807) is 0 Å². The maximum Gasteiger partial charge on any atom is 0.508 e. The van der Waals surface area contributed by atoms with Gasteiger partial charge in [-0.25, -0.2) is 28.8 Å². The van der Waals surface area contributed by atoms with Crippen molar-refractivity contribution in [1.29, 1.82) is 0 Å². The van der Waals surface area contributed by atoms with Crippen LogP contribution in [0.2, 0.25) is 0 Å². The molecule has 0 saturated carbocycles. The molecule has 0 bridgehead atoms. The zero-order valence-electron chi connectivity index (χ0n) is 15.1. The first-order chi connectivity index (χ1) is 14.8. The Bertz CT molecular complexity index is 628. The average Bonchev–Trinajstić information content (AvgIpc) is 2.61. The van der Waals surface area contributed by atoms with Gasteiger partial charge in [0.15, 0.2) is 13.2 Å². The van der Waals surface area contributed by atoms with Gasteiger partial charge < -0.3 is 59.1 Å². The fourth-order valence-corrected chi connectivity index (χ4v) is 1.50. The summed E-state index contributed by atoms with van der Waals surface area (Å²) in [6.45, 7) is -2.48. The van der Waals surface area contributed by atoms with Gasteiger partial charge in [-0.2, -0.15) is 0 Å². The highest BCUT2D eigenvalue weighted by molar-refractivity contribution is 5.59. The predicted octanol–water partition coefficient (Wildman–Crippen LogP) is 0.492. The minimum absolute atomic E-state index is 1.24. The molecule has 0 amide bonds. The Morgan fingerprint density at radius 2 is 0.750 bits per heavy atom. The second kappa shape index (κ2) is 13.7. The van der Waals surface area contributed by atoms with Gasteiger partial charge in [-0.1, -0.05) is 0 Å². The fraction of sp³-hybridized carbons (Fsp3) is 0.500. The molecule has 6 N–H and O–H groups in total. The van der Waals surface area contributed by atoms with Gasteiger partial charge in [0.05, 0.1) is 0 Å². The van der Waals surface area contributed by atoms with Crippen LogP contribution in [0.15, 0.2) is 0 Å². The molecule has 0 rings (SSSR count). The number of rotatable bonds is 13. The Hall–Kier alpha value is -4.46. The van der Waals surface area contributed by atoms with Crippen LogP contribution in [0.4, 0.5) is 28.8 Å². The van der Waals surface area contributed by atoms with Crippen molar-refractivity contribution in [3.8, 4) is 0 Å². The van der Waals surface area contributed by atoms with Crippen molar-refractivity contribution in [2.24, 2.45) is 0 Å². The molecule has 0 aromatic rings. The van der Waals surface area contributed by atoms with Crippen molar-refractivity contribution in [2.45, 2.75) is 25.2 Å². The Kier molecular flexibility index (Phi) is 11.8. The minimum atomic E-state index is -2.64. The molecule has 20 heteroatoms.